The predicted octanol–water partition coefficient (Wildman–Crippen LogP) is 5.16. The van der Waals surface area contributed by atoms with Crippen LogP contribution in [-0.2, 0) is 16.2 Å². The average molecular weight is 516 g/mol. The quantitative estimate of drug-likeness (QED) is 0.344. The van der Waals surface area contributed by atoms with Crippen LogP contribution in [0.1, 0.15) is 29.2 Å². The third kappa shape index (κ3) is 5.47. The number of hydrogen-bond acceptors (Lipinski definition) is 6. The summed E-state index contributed by atoms with van der Waals surface area (Å²) < 4.78 is 11.6. The Kier molecular flexibility index (Phi) is 7.56. The number of barbiturate groups is 1. The van der Waals surface area contributed by atoms with Crippen molar-refractivity contribution in [1.82, 2.24) is 5.32 Å². The maximum atomic E-state index is 13.2. The molecule has 1 saturated heterocycles. The summed E-state index contributed by atoms with van der Waals surface area (Å²) in [7, 11) is 0. The molecule has 8 nitrogen and oxygen atoms in total. The van der Waals surface area contributed by atoms with E-state index in [0.717, 1.165) is 16.0 Å². The first-order valence-electron chi connectivity index (χ1n) is 11.4. The summed E-state index contributed by atoms with van der Waals surface area (Å²) in [6, 6.07) is 18.1. The normalized spacial score (nSPS) is 14.4. The van der Waals surface area contributed by atoms with E-state index in [9.17, 15) is 19.6 Å². The van der Waals surface area contributed by atoms with Crippen LogP contribution in [0.15, 0.2) is 66.2 Å². The van der Waals surface area contributed by atoms with Crippen LogP contribution in [0, 0.1) is 18.3 Å². The number of benzene rings is 3. The molecule has 0 unspecified atom stereocenters. The van der Waals surface area contributed by atoms with Gasteiger partial charge in [-0.05, 0) is 61.4 Å². The maximum absolute atomic E-state index is 13.2. The largest absolute Gasteiger partial charge is 0.490 e. The second-order valence-electron chi connectivity index (χ2n) is 8.09. The lowest BCUT2D eigenvalue weighted by molar-refractivity contribution is -0.122. The van der Waals surface area contributed by atoms with Crippen molar-refractivity contribution < 1.29 is 23.9 Å². The van der Waals surface area contributed by atoms with Crippen LogP contribution in [0.4, 0.5) is 10.5 Å². The summed E-state index contributed by atoms with van der Waals surface area (Å²) in [5.41, 5.74) is 2.52. The number of nitrogens with zero attached hydrogens (tertiary/aromatic N) is 2. The van der Waals surface area contributed by atoms with Crippen LogP contribution in [0.2, 0.25) is 5.02 Å². The third-order valence-corrected chi connectivity index (χ3v) is 6.02. The molecular formula is C28H22ClN3O5. The zero-order valence-electron chi connectivity index (χ0n) is 20.1. The fourth-order valence-electron chi connectivity index (χ4n) is 3.69. The molecule has 0 saturated carbocycles. The molecule has 0 atom stereocenters. The first-order chi connectivity index (χ1) is 17.8. The fourth-order valence-corrected chi connectivity index (χ4v) is 3.87. The number of halogens is 1. The van der Waals surface area contributed by atoms with Crippen molar-refractivity contribution >= 4 is 41.2 Å². The molecule has 0 aliphatic carbocycles. The van der Waals surface area contributed by atoms with Crippen molar-refractivity contribution in [2.75, 3.05) is 11.5 Å². The molecule has 1 aliphatic heterocycles. The summed E-state index contributed by atoms with van der Waals surface area (Å²) >= 11 is 6.17. The van der Waals surface area contributed by atoms with E-state index in [1.54, 1.807) is 55.5 Å². The Balaban J connectivity index is 1.63. The second-order valence-corrected chi connectivity index (χ2v) is 8.50. The molecule has 1 fully saturated rings. The molecule has 4 rings (SSSR count). The molecule has 3 aromatic rings. The molecule has 186 valence electrons. The summed E-state index contributed by atoms with van der Waals surface area (Å²) in [6.07, 6.45) is 1.38. The molecule has 3 aromatic carbocycles. The predicted molar refractivity (Wildman–Crippen MR) is 138 cm³/mol. The van der Waals surface area contributed by atoms with Crippen LogP contribution >= 0.6 is 11.6 Å². The molecule has 1 N–H and O–H groups in total. The van der Waals surface area contributed by atoms with Crippen LogP contribution in [0.3, 0.4) is 0 Å². The molecule has 0 bridgehead atoms. The summed E-state index contributed by atoms with van der Waals surface area (Å²) in [5.74, 6) is -0.758. The average Bonchev–Trinajstić information content (AvgIpc) is 2.88. The van der Waals surface area contributed by atoms with Gasteiger partial charge in [-0.25, -0.2) is 9.69 Å². The number of carbonyl (C=O) groups excluding carboxylic acids is 3. The van der Waals surface area contributed by atoms with E-state index in [-0.39, 0.29) is 17.9 Å². The zero-order chi connectivity index (χ0) is 26.5. The van der Waals surface area contributed by atoms with Gasteiger partial charge in [0.15, 0.2) is 11.5 Å². The van der Waals surface area contributed by atoms with E-state index in [2.05, 4.69) is 11.4 Å². The zero-order valence-corrected chi connectivity index (χ0v) is 20.8. The van der Waals surface area contributed by atoms with Gasteiger partial charge < -0.3 is 9.47 Å². The van der Waals surface area contributed by atoms with Gasteiger partial charge in [0, 0.05) is 10.6 Å². The van der Waals surface area contributed by atoms with Crippen molar-refractivity contribution in [3.63, 3.8) is 0 Å². The van der Waals surface area contributed by atoms with Gasteiger partial charge in [0.2, 0.25) is 0 Å². The van der Waals surface area contributed by atoms with E-state index in [4.69, 9.17) is 21.1 Å². The van der Waals surface area contributed by atoms with Gasteiger partial charge in [-0.1, -0.05) is 41.9 Å². The van der Waals surface area contributed by atoms with Crippen LogP contribution in [0.25, 0.3) is 6.08 Å². The highest BCUT2D eigenvalue weighted by Crippen LogP contribution is 2.31. The minimum Gasteiger partial charge on any atom is -0.490 e. The van der Waals surface area contributed by atoms with Crippen molar-refractivity contribution in [3.8, 4) is 17.6 Å². The van der Waals surface area contributed by atoms with E-state index in [1.165, 1.54) is 12.1 Å². The maximum Gasteiger partial charge on any atom is 0.335 e. The second kappa shape index (κ2) is 11.0. The number of urea groups is 1. The number of rotatable bonds is 7. The number of ether oxygens (including phenoxy) is 2. The lowest BCUT2D eigenvalue weighted by atomic mass is 10.1. The highest BCUT2D eigenvalue weighted by atomic mass is 35.5. The number of nitriles is 1. The molecule has 0 spiro atoms. The number of aryl methyl sites for hydroxylation is 1. The van der Waals surface area contributed by atoms with Gasteiger partial charge in [-0.2, -0.15) is 5.26 Å². The summed E-state index contributed by atoms with van der Waals surface area (Å²) in [5, 5.41) is 11.9. The van der Waals surface area contributed by atoms with E-state index >= 15 is 0 Å². The van der Waals surface area contributed by atoms with Crippen molar-refractivity contribution in [1.29, 1.82) is 5.26 Å². The standard InChI is InChI=1S/C28H22ClN3O5/c1-3-36-25-13-18(9-11-24(25)37-16-20-7-5-4-6-19(20)15-30)12-22-26(33)31-28(35)32(27(22)34)21-10-8-17(2)23(29)14-21/h4-14H,3,16H2,1-2H3,(H,31,33,35)/b22-12-. The first-order valence-corrected chi connectivity index (χ1v) is 11.8. The highest BCUT2D eigenvalue weighted by Gasteiger charge is 2.37. The van der Waals surface area contributed by atoms with Gasteiger partial charge in [0.05, 0.1) is 23.9 Å². The summed E-state index contributed by atoms with van der Waals surface area (Å²) in [6.45, 7) is 4.11. The number of hydrogen-bond donors (Lipinski definition) is 1. The smallest absolute Gasteiger partial charge is 0.335 e. The monoisotopic (exact) mass is 515 g/mol. The Morgan fingerprint density at radius 2 is 1.81 bits per heavy atom. The molecule has 0 aromatic heterocycles. The molecule has 9 heteroatoms. The van der Waals surface area contributed by atoms with Crippen molar-refractivity contribution in [3.05, 3.63) is 93.5 Å². The molecule has 1 aliphatic rings. The Hall–Kier alpha value is -4.61. The van der Waals surface area contributed by atoms with Crippen LogP contribution in [0.5, 0.6) is 11.5 Å². The molecule has 37 heavy (non-hydrogen) atoms. The topological polar surface area (TPSA) is 109 Å². The van der Waals surface area contributed by atoms with E-state index in [0.29, 0.717) is 34.3 Å². The molecule has 4 amide bonds. The summed E-state index contributed by atoms with van der Waals surface area (Å²) in [4.78, 5) is 39.1. The number of anilines is 1. The number of nitrogens with one attached hydrogen (secondary N) is 1. The van der Waals surface area contributed by atoms with Crippen LogP contribution < -0.4 is 19.7 Å². The first kappa shape index (κ1) is 25.5. The Morgan fingerprint density at radius 1 is 1.03 bits per heavy atom. The van der Waals surface area contributed by atoms with Crippen LogP contribution in [-0.4, -0.2) is 24.5 Å². The van der Waals surface area contributed by atoms with E-state index < -0.39 is 17.8 Å². The van der Waals surface area contributed by atoms with Crippen molar-refractivity contribution in [2.24, 2.45) is 0 Å². The number of carbonyl (C=O) groups is 3. The van der Waals surface area contributed by atoms with Gasteiger partial charge in [-0.3, -0.25) is 14.9 Å². The Bertz CT molecular complexity index is 1470. The number of amides is 4. The lowest BCUT2D eigenvalue weighted by Gasteiger charge is -2.26. The minimum absolute atomic E-state index is 0.154. The van der Waals surface area contributed by atoms with Gasteiger partial charge in [-0.15, -0.1) is 0 Å². The minimum atomic E-state index is -0.858. The SMILES string of the molecule is CCOc1cc(/C=C2/C(=O)NC(=O)N(c3ccc(C)c(Cl)c3)C2=O)ccc1OCc1ccccc1C#N. The number of imide groups is 2. The molecule has 1 heterocycles. The molecular weight excluding hydrogens is 494 g/mol. The Morgan fingerprint density at radius 3 is 2.54 bits per heavy atom. The lowest BCUT2D eigenvalue weighted by Crippen LogP contribution is -2.54. The third-order valence-electron chi connectivity index (χ3n) is 5.61. The van der Waals surface area contributed by atoms with E-state index in [1.807, 2.05) is 13.0 Å². The van der Waals surface area contributed by atoms with Gasteiger partial charge in [0.25, 0.3) is 11.8 Å². The van der Waals surface area contributed by atoms with Crippen molar-refractivity contribution in [2.45, 2.75) is 20.5 Å². The van der Waals surface area contributed by atoms with Gasteiger partial charge in [0.1, 0.15) is 12.2 Å². The Labute approximate surface area is 218 Å². The fraction of sp³-hybridized carbons (Fsp3) is 0.143. The van der Waals surface area contributed by atoms with Gasteiger partial charge >= 0.3 is 6.03 Å². The highest BCUT2D eigenvalue weighted by molar-refractivity contribution is 6.39. The molecule has 0 radical (unpaired) electrons.